The highest BCUT2D eigenvalue weighted by Gasteiger charge is 2.29. The SMILES string of the molecule is O=C(CC1CCS(=O)(=O)C1)Nc1ccc(Nc2ccccc2)nc1. The molecule has 1 aromatic heterocycles. The second-order valence-corrected chi connectivity index (χ2v) is 8.17. The summed E-state index contributed by atoms with van der Waals surface area (Å²) >= 11 is 0. The van der Waals surface area contributed by atoms with E-state index in [-0.39, 0.29) is 29.8 Å². The smallest absolute Gasteiger partial charge is 0.224 e. The quantitative estimate of drug-likeness (QED) is 0.869. The molecule has 1 atom stereocenters. The van der Waals surface area contributed by atoms with Gasteiger partial charge in [-0.3, -0.25) is 4.79 Å². The normalized spacial score (nSPS) is 18.9. The van der Waals surface area contributed by atoms with Crippen LogP contribution in [0.15, 0.2) is 48.7 Å². The molecule has 0 bridgehead atoms. The predicted molar refractivity (Wildman–Crippen MR) is 94.0 cm³/mol. The molecule has 1 amide bonds. The van der Waals surface area contributed by atoms with Gasteiger partial charge < -0.3 is 10.6 Å². The number of sulfone groups is 1. The van der Waals surface area contributed by atoms with E-state index >= 15 is 0 Å². The van der Waals surface area contributed by atoms with E-state index in [4.69, 9.17) is 0 Å². The molecule has 1 unspecified atom stereocenters. The number of carbonyl (C=O) groups excluding carboxylic acids is 1. The lowest BCUT2D eigenvalue weighted by molar-refractivity contribution is -0.116. The van der Waals surface area contributed by atoms with Crippen molar-refractivity contribution in [2.45, 2.75) is 12.8 Å². The molecule has 1 aromatic carbocycles. The molecule has 1 saturated heterocycles. The van der Waals surface area contributed by atoms with Gasteiger partial charge in [-0.2, -0.15) is 0 Å². The number of nitrogens with one attached hydrogen (secondary N) is 2. The van der Waals surface area contributed by atoms with E-state index in [0.717, 1.165) is 5.69 Å². The van der Waals surface area contributed by atoms with Gasteiger partial charge in [0.15, 0.2) is 9.84 Å². The number of benzene rings is 1. The van der Waals surface area contributed by atoms with Crippen molar-refractivity contribution >= 4 is 32.9 Å². The summed E-state index contributed by atoms with van der Waals surface area (Å²) in [6.45, 7) is 0. The fourth-order valence-electron chi connectivity index (χ4n) is 2.72. The van der Waals surface area contributed by atoms with Gasteiger partial charge in [-0.05, 0) is 36.6 Å². The Labute approximate surface area is 141 Å². The molecule has 0 spiro atoms. The summed E-state index contributed by atoms with van der Waals surface area (Å²) in [6, 6.07) is 13.2. The zero-order valence-electron chi connectivity index (χ0n) is 13.1. The zero-order valence-corrected chi connectivity index (χ0v) is 13.9. The van der Waals surface area contributed by atoms with Crippen LogP contribution < -0.4 is 10.6 Å². The highest BCUT2D eigenvalue weighted by atomic mass is 32.2. The van der Waals surface area contributed by atoms with Crippen LogP contribution in [0.2, 0.25) is 0 Å². The Bertz CT molecular complexity index is 805. The minimum Gasteiger partial charge on any atom is -0.340 e. The Kier molecular flexibility index (Phi) is 4.80. The topological polar surface area (TPSA) is 88.2 Å². The Balaban J connectivity index is 1.53. The van der Waals surface area contributed by atoms with Gasteiger partial charge in [0.2, 0.25) is 5.91 Å². The van der Waals surface area contributed by atoms with Gasteiger partial charge >= 0.3 is 0 Å². The fourth-order valence-corrected chi connectivity index (χ4v) is 4.58. The summed E-state index contributed by atoms with van der Waals surface area (Å²) in [7, 11) is -2.95. The molecule has 126 valence electrons. The Morgan fingerprint density at radius 1 is 1.12 bits per heavy atom. The molecule has 24 heavy (non-hydrogen) atoms. The monoisotopic (exact) mass is 345 g/mol. The molecule has 0 radical (unpaired) electrons. The molecule has 0 aliphatic carbocycles. The molecule has 1 fully saturated rings. The number of carbonyl (C=O) groups is 1. The first-order valence-electron chi connectivity index (χ1n) is 7.78. The number of pyridine rings is 1. The fraction of sp³-hybridized carbons (Fsp3) is 0.294. The van der Waals surface area contributed by atoms with Gasteiger partial charge in [0.05, 0.1) is 23.4 Å². The Morgan fingerprint density at radius 2 is 1.92 bits per heavy atom. The summed E-state index contributed by atoms with van der Waals surface area (Å²) in [5, 5.41) is 5.92. The summed E-state index contributed by atoms with van der Waals surface area (Å²) in [4.78, 5) is 16.3. The first-order chi connectivity index (χ1) is 11.5. The largest absolute Gasteiger partial charge is 0.340 e. The number of hydrogen-bond acceptors (Lipinski definition) is 5. The number of hydrogen-bond donors (Lipinski definition) is 2. The van der Waals surface area contributed by atoms with E-state index in [9.17, 15) is 13.2 Å². The van der Waals surface area contributed by atoms with Crippen LogP contribution in [0.25, 0.3) is 0 Å². The highest BCUT2D eigenvalue weighted by Crippen LogP contribution is 2.22. The Hall–Kier alpha value is -2.41. The molecule has 1 aliphatic rings. The minimum absolute atomic E-state index is 0.0815. The maximum Gasteiger partial charge on any atom is 0.224 e. The summed E-state index contributed by atoms with van der Waals surface area (Å²) in [5.41, 5.74) is 1.53. The van der Waals surface area contributed by atoms with Crippen LogP contribution in [0.4, 0.5) is 17.2 Å². The number of rotatable bonds is 5. The van der Waals surface area contributed by atoms with Crippen molar-refractivity contribution in [2.24, 2.45) is 5.92 Å². The summed E-state index contributed by atoms with van der Waals surface area (Å²) in [5.74, 6) is 0.719. The van der Waals surface area contributed by atoms with Crippen molar-refractivity contribution in [3.63, 3.8) is 0 Å². The van der Waals surface area contributed by atoms with E-state index in [1.165, 1.54) is 0 Å². The molecule has 3 rings (SSSR count). The van der Waals surface area contributed by atoms with Crippen LogP contribution >= 0.6 is 0 Å². The second kappa shape index (κ2) is 7.00. The number of nitrogens with zero attached hydrogens (tertiary/aromatic N) is 1. The molecule has 1 aliphatic heterocycles. The van der Waals surface area contributed by atoms with E-state index < -0.39 is 9.84 Å². The van der Waals surface area contributed by atoms with Gasteiger partial charge in [-0.1, -0.05) is 18.2 Å². The van der Waals surface area contributed by atoms with Gasteiger partial charge in [0, 0.05) is 12.1 Å². The van der Waals surface area contributed by atoms with E-state index in [1.54, 1.807) is 18.3 Å². The second-order valence-electron chi connectivity index (χ2n) is 5.94. The average Bonchev–Trinajstić information content (AvgIpc) is 2.89. The highest BCUT2D eigenvalue weighted by molar-refractivity contribution is 7.91. The molecule has 0 saturated carbocycles. The van der Waals surface area contributed by atoms with Crippen molar-refractivity contribution in [2.75, 3.05) is 22.1 Å². The van der Waals surface area contributed by atoms with E-state index in [1.807, 2.05) is 30.3 Å². The van der Waals surface area contributed by atoms with E-state index in [0.29, 0.717) is 17.9 Å². The summed E-state index contributed by atoms with van der Waals surface area (Å²) < 4.78 is 22.8. The van der Waals surface area contributed by atoms with Crippen LogP contribution in [-0.2, 0) is 14.6 Å². The Morgan fingerprint density at radius 3 is 2.54 bits per heavy atom. The first kappa shape index (κ1) is 16.4. The number of amides is 1. The molecule has 2 aromatic rings. The van der Waals surface area contributed by atoms with Crippen LogP contribution in [0, 0.1) is 5.92 Å². The average molecular weight is 345 g/mol. The summed E-state index contributed by atoms with van der Waals surface area (Å²) in [6.07, 6.45) is 2.37. The lowest BCUT2D eigenvalue weighted by Gasteiger charge is -2.10. The van der Waals surface area contributed by atoms with Crippen molar-refractivity contribution in [1.82, 2.24) is 4.98 Å². The van der Waals surface area contributed by atoms with Crippen molar-refractivity contribution < 1.29 is 13.2 Å². The van der Waals surface area contributed by atoms with Crippen LogP contribution in [-0.4, -0.2) is 30.8 Å². The maximum atomic E-state index is 12.0. The molecule has 2 N–H and O–H groups in total. The van der Waals surface area contributed by atoms with Gasteiger partial charge in [0.25, 0.3) is 0 Å². The molecular formula is C17H19N3O3S. The predicted octanol–water partition coefficient (Wildman–Crippen LogP) is 2.59. The van der Waals surface area contributed by atoms with Gasteiger partial charge in [-0.25, -0.2) is 13.4 Å². The van der Waals surface area contributed by atoms with Crippen molar-refractivity contribution in [3.05, 3.63) is 48.7 Å². The number of para-hydroxylation sites is 1. The number of anilines is 3. The minimum atomic E-state index is -2.95. The van der Waals surface area contributed by atoms with E-state index in [2.05, 4.69) is 15.6 Å². The van der Waals surface area contributed by atoms with Crippen LogP contribution in [0.3, 0.4) is 0 Å². The van der Waals surface area contributed by atoms with Crippen molar-refractivity contribution in [3.8, 4) is 0 Å². The van der Waals surface area contributed by atoms with Gasteiger partial charge in [0.1, 0.15) is 5.82 Å². The lowest BCUT2D eigenvalue weighted by Crippen LogP contribution is -2.17. The van der Waals surface area contributed by atoms with Gasteiger partial charge in [-0.15, -0.1) is 0 Å². The molecular weight excluding hydrogens is 326 g/mol. The molecule has 2 heterocycles. The third-order valence-electron chi connectivity index (χ3n) is 3.89. The van der Waals surface area contributed by atoms with Crippen LogP contribution in [0.1, 0.15) is 12.8 Å². The third kappa shape index (κ3) is 4.55. The lowest BCUT2D eigenvalue weighted by atomic mass is 10.1. The number of aromatic nitrogens is 1. The van der Waals surface area contributed by atoms with Crippen LogP contribution in [0.5, 0.6) is 0 Å². The first-order valence-corrected chi connectivity index (χ1v) is 9.61. The zero-order chi connectivity index (χ0) is 17.0. The maximum absolute atomic E-state index is 12.0. The standard InChI is InChI=1S/C17H19N3O3S/c21-17(10-13-8-9-24(22,23)12-13)20-15-6-7-16(18-11-15)19-14-4-2-1-3-5-14/h1-7,11,13H,8-10,12H2,(H,18,19)(H,20,21). The molecule has 6 nitrogen and oxygen atoms in total. The molecule has 7 heteroatoms. The van der Waals surface area contributed by atoms with Crippen molar-refractivity contribution in [1.29, 1.82) is 0 Å². The third-order valence-corrected chi connectivity index (χ3v) is 5.73.